The Labute approximate surface area is 134 Å². The van der Waals surface area contributed by atoms with Crippen molar-refractivity contribution in [1.29, 1.82) is 0 Å². The molecule has 1 heterocycles. The van der Waals surface area contributed by atoms with E-state index in [4.69, 9.17) is 4.74 Å². The van der Waals surface area contributed by atoms with Crippen LogP contribution in [0.3, 0.4) is 0 Å². The molecular weight excluding hydrogens is 292 g/mol. The first-order chi connectivity index (χ1) is 11.2. The van der Waals surface area contributed by atoms with E-state index in [1.54, 1.807) is 30.0 Å². The van der Waals surface area contributed by atoms with Crippen LogP contribution in [0.4, 0.5) is 11.4 Å². The summed E-state index contributed by atoms with van der Waals surface area (Å²) in [5, 5.41) is 2.81. The molecule has 0 bridgehead atoms. The van der Waals surface area contributed by atoms with Gasteiger partial charge in [0.2, 0.25) is 5.91 Å². The molecular formula is C18H18N2O3. The van der Waals surface area contributed by atoms with Gasteiger partial charge in [0.1, 0.15) is 5.75 Å². The van der Waals surface area contributed by atoms with E-state index in [0.29, 0.717) is 30.1 Å². The maximum atomic E-state index is 12.3. The maximum absolute atomic E-state index is 12.3. The Hall–Kier alpha value is -2.82. The number of benzene rings is 2. The number of anilines is 2. The van der Waals surface area contributed by atoms with Crippen molar-refractivity contribution in [3.8, 4) is 5.75 Å². The zero-order valence-electron chi connectivity index (χ0n) is 12.9. The summed E-state index contributed by atoms with van der Waals surface area (Å²) in [5.74, 6) is 0.484. The first-order valence-electron chi connectivity index (χ1n) is 7.58. The predicted molar refractivity (Wildman–Crippen MR) is 88.5 cm³/mol. The molecule has 0 saturated carbocycles. The van der Waals surface area contributed by atoms with Crippen LogP contribution >= 0.6 is 0 Å². The molecule has 0 fully saturated rings. The monoisotopic (exact) mass is 310 g/mol. The van der Waals surface area contributed by atoms with Crippen molar-refractivity contribution in [2.45, 2.75) is 19.9 Å². The number of nitrogens with one attached hydrogen (secondary N) is 1. The van der Waals surface area contributed by atoms with Crippen molar-refractivity contribution >= 4 is 23.2 Å². The fraction of sp³-hybridized carbons (Fsp3) is 0.222. The Morgan fingerprint density at radius 3 is 2.74 bits per heavy atom. The molecule has 23 heavy (non-hydrogen) atoms. The molecule has 5 nitrogen and oxygen atoms in total. The lowest BCUT2D eigenvalue weighted by Crippen LogP contribution is -2.38. The van der Waals surface area contributed by atoms with E-state index in [2.05, 4.69) is 5.32 Å². The van der Waals surface area contributed by atoms with Gasteiger partial charge in [-0.15, -0.1) is 0 Å². The summed E-state index contributed by atoms with van der Waals surface area (Å²) < 4.78 is 5.49. The molecule has 0 saturated heterocycles. The summed E-state index contributed by atoms with van der Waals surface area (Å²) in [6, 6.07) is 15.1. The van der Waals surface area contributed by atoms with Gasteiger partial charge >= 0.3 is 0 Å². The molecule has 5 heteroatoms. The topological polar surface area (TPSA) is 58.6 Å². The molecule has 0 aromatic heterocycles. The molecule has 0 atom stereocenters. The molecule has 118 valence electrons. The van der Waals surface area contributed by atoms with Crippen LogP contribution in [0.2, 0.25) is 0 Å². The number of amides is 2. The number of hydrogen-bond donors (Lipinski definition) is 1. The van der Waals surface area contributed by atoms with E-state index in [9.17, 15) is 9.59 Å². The highest BCUT2D eigenvalue weighted by Crippen LogP contribution is 2.35. The third kappa shape index (κ3) is 3.34. The van der Waals surface area contributed by atoms with Gasteiger partial charge in [-0.2, -0.15) is 0 Å². The smallest absolute Gasteiger partial charge is 0.265 e. The molecule has 2 aromatic carbocycles. The number of ether oxygens (including phenoxy) is 1. The van der Waals surface area contributed by atoms with Crippen LogP contribution in [-0.2, 0) is 16.1 Å². The van der Waals surface area contributed by atoms with E-state index >= 15 is 0 Å². The molecule has 0 radical (unpaired) electrons. The van der Waals surface area contributed by atoms with Crippen molar-refractivity contribution < 1.29 is 14.3 Å². The zero-order valence-corrected chi connectivity index (χ0v) is 12.9. The van der Waals surface area contributed by atoms with E-state index in [1.165, 1.54) is 0 Å². The minimum atomic E-state index is -0.0969. The van der Waals surface area contributed by atoms with Crippen LogP contribution < -0.4 is 15.0 Å². The maximum Gasteiger partial charge on any atom is 0.265 e. The molecule has 0 aliphatic carbocycles. The number of hydrogen-bond acceptors (Lipinski definition) is 3. The molecule has 1 aliphatic heterocycles. The highest BCUT2D eigenvalue weighted by Gasteiger charge is 2.26. The highest BCUT2D eigenvalue weighted by atomic mass is 16.5. The van der Waals surface area contributed by atoms with Gasteiger partial charge in [0.05, 0.1) is 12.2 Å². The quantitative estimate of drug-likeness (QED) is 0.944. The van der Waals surface area contributed by atoms with Gasteiger partial charge in [0.15, 0.2) is 6.61 Å². The minimum absolute atomic E-state index is 0.0283. The molecule has 1 aliphatic rings. The second-order valence-electron chi connectivity index (χ2n) is 5.34. The largest absolute Gasteiger partial charge is 0.482 e. The van der Waals surface area contributed by atoms with Gasteiger partial charge in [-0.25, -0.2) is 0 Å². The van der Waals surface area contributed by atoms with Crippen LogP contribution in [0.15, 0.2) is 48.5 Å². The molecule has 1 N–H and O–H groups in total. The molecule has 0 spiro atoms. The first-order valence-corrected chi connectivity index (χ1v) is 7.58. The van der Waals surface area contributed by atoms with Crippen molar-refractivity contribution in [2.75, 3.05) is 16.8 Å². The Balaban J connectivity index is 1.91. The number of fused-ring (bicyclic) bond motifs is 1. The standard InChI is InChI=1S/C18H18N2O3/c1-2-17(21)19-14-8-9-16-15(10-14)20(18(22)12-23-16)11-13-6-4-3-5-7-13/h3-10H,2,11-12H2,1H3,(H,19,21). The van der Waals surface area contributed by atoms with Crippen molar-refractivity contribution in [1.82, 2.24) is 0 Å². The predicted octanol–water partition coefficient (Wildman–Crippen LogP) is 2.96. The lowest BCUT2D eigenvalue weighted by molar-refractivity contribution is -0.121. The van der Waals surface area contributed by atoms with Gasteiger partial charge in [-0.1, -0.05) is 37.3 Å². The van der Waals surface area contributed by atoms with Crippen LogP contribution in [0.25, 0.3) is 0 Å². The highest BCUT2D eigenvalue weighted by molar-refractivity contribution is 5.99. The molecule has 2 aromatic rings. The number of rotatable bonds is 4. The second-order valence-corrected chi connectivity index (χ2v) is 5.34. The van der Waals surface area contributed by atoms with Gasteiger partial charge in [0, 0.05) is 12.1 Å². The Morgan fingerprint density at radius 1 is 1.22 bits per heavy atom. The average molecular weight is 310 g/mol. The van der Waals surface area contributed by atoms with Crippen LogP contribution in [0, 0.1) is 0 Å². The second kappa shape index (κ2) is 6.52. The van der Waals surface area contributed by atoms with Crippen molar-refractivity contribution in [3.63, 3.8) is 0 Å². The van der Waals surface area contributed by atoms with E-state index < -0.39 is 0 Å². The van der Waals surface area contributed by atoms with Crippen LogP contribution in [0.1, 0.15) is 18.9 Å². The lowest BCUT2D eigenvalue weighted by Gasteiger charge is -2.30. The molecule has 2 amide bonds. The minimum Gasteiger partial charge on any atom is -0.482 e. The Kier molecular flexibility index (Phi) is 4.28. The zero-order chi connectivity index (χ0) is 16.2. The Morgan fingerprint density at radius 2 is 2.00 bits per heavy atom. The molecule has 0 unspecified atom stereocenters. The summed E-state index contributed by atoms with van der Waals surface area (Å²) in [7, 11) is 0. The van der Waals surface area contributed by atoms with Crippen LogP contribution in [-0.4, -0.2) is 18.4 Å². The van der Waals surface area contributed by atoms with Crippen LogP contribution in [0.5, 0.6) is 5.75 Å². The fourth-order valence-electron chi connectivity index (χ4n) is 2.47. The SMILES string of the molecule is CCC(=O)Nc1ccc2c(c1)N(Cc1ccccc1)C(=O)CO2. The van der Waals surface area contributed by atoms with Crippen molar-refractivity contribution in [2.24, 2.45) is 0 Å². The normalized spacial score (nSPS) is 13.3. The summed E-state index contributed by atoms with van der Waals surface area (Å²) in [4.78, 5) is 25.5. The third-order valence-corrected chi connectivity index (χ3v) is 3.69. The van der Waals surface area contributed by atoms with Gasteiger partial charge in [0.25, 0.3) is 5.91 Å². The average Bonchev–Trinajstić information content (AvgIpc) is 2.58. The summed E-state index contributed by atoms with van der Waals surface area (Å²) in [5.41, 5.74) is 2.38. The summed E-state index contributed by atoms with van der Waals surface area (Å²) in [6.45, 7) is 2.30. The van der Waals surface area contributed by atoms with E-state index in [0.717, 1.165) is 5.56 Å². The fourth-order valence-corrected chi connectivity index (χ4v) is 2.47. The number of carbonyl (C=O) groups excluding carboxylic acids is 2. The lowest BCUT2D eigenvalue weighted by atomic mass is 10.1. The van der Waals surface area contributed by atoms with Crippen molar-refractivity contribution in [3.05, 3.63) is 54.1 Å². The van der Waals surface area contributed by atoms with Gasteiger partial charge < -0.3 is 15.0 Å². The van der Waals surface area contributed by atoms with Gasteiger partial charge in [-0.3, -0.25) is 9.59 Å². The third-order valence-electron chi connectivity index (χ3n) is 3.69. The van der Waals surface area contributed by atoms with E-state index in [1.807, 2.05) is 30.3 Å². The number of carbonyl (C=O) groups is 2. The first kappa shape index (κ1) is 15.1. The van der Waals surface area contributed by atoms with Gasteiger partial charge in [-0.05, 0) is 23.8 Å². The van der Waals surface area contributed by atoms with E-state index in [-0.39, 0.29) is 18.4 Å². The summed E-state index contributed by atoms with van der Waals surface area (Å²) >= 11 is 0. The number of nitrogens with zero attached hydrogens (tertiary/aromatic N) is 1. The molecule has 3 rings (SSSR count). The summed E-state index contributed by atoms with van der Waals surface area (Å²) in [6.07, 6.45) is 0.403. The Bertz CT molecular complexity index is 728.